The summed E-state index contributed by atoms with van der Waals surface area (Å²) in [5.74, 6) is 0. The van der Waals surface area contributed by atoms with Crippen LogP contribution >= 0.6 is 15.9 Å². The summed E-state index contributed by atoms with van der Waals surface area (Å²) in [6, 6.07) is 18.5. The molecule has 0 aliphatic rings. The Morgan fingerprint density at radius 1 is 0.947 bits per heavy atom. The molecule has 3 rings (SSSR count). The van der Waals surface area contributed by atoms with E-state index >= 15 is 0 Å². The second-order valence-electron chi connectivity index (χ2n) is 4.35. The number of anilines is 1. The van der Waals surface area contributed by atoms with E-state index in [0.717, 1.165) is 22.2 Å². The van der Waals surface area contributed by atoms with Crippen LogP contribution in [0.2, 0.25) is 0 Å². The van der Waals surface area contributed by atoms with Crippen molar-refractivity contribution in [3.05, 3.63) is 70.8 Å². The quantitative estimate of drug-likeness (QED) is 0.764. The molecule has 0 spiro atoms. The molecule has 1 heterocycles. The number of rotatable bonds is 3. The van der Waals surface area contributed by atoms with Gasteiger partial charge in [-0.1, -0.05) is 40.2 Å². The molecule has 0 saturated heterocycles. The number of hydrogen-bond acceptors (Lipinski definition) is 2. The summed E-state index contributed by atoms with van der Waals surface area (Å²) >= 11 is 3.44. The van der Waals surface area contributed by atoms with Gasteiger partial charge in [0, 0.05) is 28.3 Å². The lowest BCUT2D eigenvalue weighted by atomic mass is 10.1. The van der Waals surface area contributed by atoms with Gasteiger partial charge in [-0.25, -0.2) is 0 Å². The molecule has 0 fully saturated rings. The Hall–Kier alpha value is -1.87. The van der Waals surface area contributed by atoms with E-state index in [1.807, 2.05) is 24.4 Å². The van der Waals surface area contributed by atoms with Crippen molar-refractivity contribution in [2.45, 2.75) is 6.54 Å². The van der Waals surface area contributed by atoms with E-state index in [4.69, 9.17) is 0 Å². The zero-order chi connectivity index (χ0) is 13.1. The SMILES string of the molecule is Brc1ccc(NCc2cccc3cccnc23)cc1. The van der Waals surface area contributed by atoms with E-state index in [1.165, 1.54) is 10.9 Å². The fourth-order valence-electron chi connectivity index (χ4n) is 2.08. The van der Waals surface area contributed by atoms with E-state index in [0.29, 0.717) is 0 Å². The molecule has 0 radical (unpaired) electrons. The highest BCUT2D eigenvalue weighted by atomic mass is 79.9. The number of aromatic nitrogens is 1. The number of hydrogen-bond donors (Lipinski definition) is 1. The average Bonchev–Trinajstić information content (AvgIpc) is 2.47. The fraction of sp³-hybridized carbons (Fsp3) is 0.0625. The highest BCUT2D eigenvalue weighted by Gasteiger charge is 2.01. The predicted octanol–water partition coefficient (Wildman–Crippen LogP) is 4.61. The van der Waals surface area contributed by atoms with Crippen LogP contribution in [0.1, 0.15) is 5.56 Å². The van der Waals surface area contributed by atoms with Crippen LogP contribution in [0, 0.1) is 0 Å². The first-order valence-electron chi connectivity index (χ1n) is 6.15. The normalized spacial score (nSPS) is 10.6. The lowest BCUT2D eigenvalue weighted by Gasteiger charge is -2.08. The third-order valence-electron chi connectivity index (χ3n) is 3.04. The summed E-state index contributed by atoms with van der Waals surface area (Å²) in [7, 11) is 0. The van der Waals surface area contributed by atoms with Gasteiger partial charge in [0.1, 0.15) is 0 Å². The predicted molar refractivity (Wildman–Crippen MR) is 83.2 cm³/mol. The minimum Gasteiger partial charge on any atom is -0.381 e. The number of halogens is 1. The molecule has 0 atom stereocenters. The van der Waals surface area contributed by atoms with Crippen LogP contribution in [0.15, 0.2) is 65.3 Å². The van der Waals surface area contributed by atoms with Crippen molar-refractivity contribution in [1.29, 1.82) is 0 Å². The molecule has 1 aromatic heterocycles. The first kappa shape index (κ1) is 12.2. The van der Waals surface area contributed by atoms with E-state index in [1.54, 1.807) is 0 Å². The maximum atomic E-state index is 4.46. The molecule has 0 amide bonds. The Morgan fingerprint density at radius 2 is 1.74 bits per heavy atom. The van der Waals surface area contributed by atoms with Crippen molar-refractivity contribution in [2.75, 3.05) is 5.32 Å². The van der Waals surface area contributed by atoms with Crippen LogP contribution < -0.4 is 5.32 Å². The zero-order valence-corrected chi connectivity index (χ0v) is 11.9. The first-order chi connectivity index (χ1) is 9.33. The molecule has 94 valence electrons. The van der Waals surface area contributed by atoms with E-state index in [-0.39, 0.29) is 0 Å². The van der Waals surface area contributed by atoms with Crippen LogP contribution in [0.5, 0.6) is 0 Å². The van der Waals surface area contributed by atoms with Crippen LogP contribution in [0.4, 0.5) is 5.69 Å². The van der Waals surface area contributed by atoms with Gasteiger partial charge in [-0.15, -0.1) is 0 Å². The van der Waals surface area contributed by atoms with Crippen molar-refractivity contribution in [2.24, 2.45) is 0 Å². The molecule has 0 aliphatic heterocycles. The maximum absolute atomic E-state index is 4.46. The number of nitrogens with one attached hydrogen (secondary N) is 1. The van der Waals surface area contributed by atoms with Gasteiger partial charge in [0.15, 0.2) is 0 Å². The van der Waals surface area contributed by atoms with Crippen LogP contribution in [-0.4, -0.2) is 4.98 Å². The smallest absolute Gasteiger partial charge is 0.0751 e. The van der Waals surface area contributed by atoms with Crippen LogP contribution in [0.3, 0.4) is 0 Å². The van der Waals surface area contributed by atoms with E-state index in [9.17, 15) is 0 Å². The minimum atomic E-state index is 0.774. The summed E-state index contributed by atoms with van der Waals surface area (Å²) < 4.78 is 1.09. The number of para-hydroxylation sites is 1. The molecular formula is C16H13BrN2. The lowest BCUT2D eigenvalue weighted by Crippen LogP contribution is -2.00. The molecule has 0 saturated carbocycles. The van der Waals surface area contributed by atoms with Gasteiger partial charge in [-0.2, -0.15) is 0 Å². The monoisotopic (exact) mass is 312 g/mol. The van der Waals surface area contributed by atoms with Gasteiger partial charge in [-0.05, 0) is 35.9 Å². The first-order valence-corrected chi connectivity index (χ1v) is 6.94. The summed E-state index contributed by atoms with van der Waals surface area (Å²) in [6.07, 6.45) is 1.84. The summed E-state index contributed by atoms with van der Waals surface area (Å²) in [6.45, 7) is 0.774. The molecule has 2 nitrogen and oxygen atoms in total. The lowest BCUT2D eigenvalue weighted by molar-refractivity contribution is 1.15. The molecule has 0 bridgehead atoms. The zero-order valence-electron chi connectivity index (χ0n) is 10.3. The second kappa shape index (κ2) is 5.41. The molecule has 2 aromatic carbocycles. The third-order valence-corrected chi connectivity index (χ3v) is 3.57. The highest BCUT2D eigenvalue weighted by Crippen LogP contribution is 2.18. The summed E-state index contributed by atoms with van der Waals surface area (Å²) in [5, 5.41) is 4.60. The average molecular weight is 313 g/mol. The molecule has 3 heteroatoms. The van der Waals surface area contributed by atoms with Gasteiger partial charge in [0.05, 0.1) is 5.52 Å². The van der Waals surface area contributed by atoms with Gasteiger partial charge < -0.3 is 5.32 Å². The highest BCUT2D eigenvalue weighted by molar-refractivity contribution is 9.10. The molecule has 19 heavy (non-hydrogen) atoms. The Labute approximate surface area is 120 Å². The van der Waals surface area contributed by atoms with E-state index in [2.05, 4.69) is 62.6 Å². The van der Waals surface area contributed by atoms with Gasteiger partial charge in [0.2, 0.25) is 0 Å². The van der Waals surface area contributed by atoms with Crippen molar-refractivity contribution in [3.63, 3.8) is 0 Å². The number of fused-ring (bicyclic) bond motifs is 1. The summed E-state index contributed by atoms with van der Waals surface area (Å²) in [5.41, 5.74) is 3.38. The van der Waals surface area contributed by atoms with Crippen molar-refractivity contribution >= 4 is 32.5 Å². The Bertz CT molecular complexity index is 687. The molecule has 1 N–H and O–H groups in total. The summed E-state index contributed by atoms with van der Waals surface area (Å²) in [4.78, 5) is 4.46. The maximum Gasteiger partial charge on any atom is 0.0751 e. The van der Waals surface area contributed by atoms with Gasteiger partial charge in [-0.3, -0.25) is 4.98 Å². The fourth-order valence-corrected chi connectivity index (χ4v) is 2.34. The van der Waals surface area contributed by atoms with Crippen molar-refractivity contribution < 1.29 is 0 Å². The molecule has 0 unspecified atom stereocenters. The van der Waals surface area contributed by atoms with Crippen LogP contribution in [-0.2, 0) is 6.54 Å². The number of nitrogens with zero attached hydrogens (tertiary/aromatic N) is 1. The van der Waals surface area contributed by atoms with E-state index < -0.39 is 0 Å². The van der Waals surface area contributed by atoms with Gasteiger partial charge in [0.25, 0.3) is 0 Å². The standard InChI is InChI=1S/C16H13BrN2/c17-14-6-8-15(9-7-14)19-11-13-4-1-3-12-5-2-10-18-16(12)13/h1-10,19H,11H2. The Kier molecular flexibility index (Phi) is 3.47. The number of benzene rings is 2. The number of pyridine rings is 1. The Balaban J connectivity index is 1.84. The van der Waals surface area contributed by atoms with Crippen LogP contribution in [0.25, 0.3) is 10.9 Å². The molecule has 3 aromatic rings. The molecule has 0 aliphatic carbocycles. The van der Waals surface area contributed by atoms with Gasteiger partial charge >= 0.3 is 0 Å². The topological polar surface area (TPSA) is 24.9 Å². The van der Waals surface area contributed by atoms with Crippen molar-refractivity contribution in [3.8, 4) is 0 Å². The Morgan fingerprint density at radius 3 is 2.58 bits per heavy atom. The molecular weight excluding hydrogens is 300 g/mol. The third kappa shape index (κ3) is 2.76. The minimum absolute atomic E-state index is 0.774. The van der Waals surface area contributed by atoms with Crippen molar-refractivity contribution in [1.82, 2.24) is 4.98 Å². The largest absolute Gasteiger partial charge is 0.381 e. The second-order valence-corrected chi connectivity index (χ2v) is 5.27.